The fraction of sp³-hybridized carbons (Fsp3) is 1.00. The molecule has 0 fully saturated rings. The molecule has 0 saturated heterocycles. The van der Waals surface area contributed by atoms with Gasteiger partial charge in [-0.05, 0) is 6.92 Å². The van der Waals surface area contributed by atoms with Gasteiger partial charge in [0.1, 0.15) is 5.25 Å². The highest BCUT2D eigenvalue weighted by Gasteiger charge is 2.27. The summed E-state index contributed by atoms with van der Waals surface area (Å²) in [5, 5.41) is -1.53. The summed E-state index contributed by atoms with van der Waals surface area (Å²) in [7, 11) is -3.55. The maximum atomic E-state index is 11.7. The Morgan fingerprint density at radius 3 is 1.90 bits per heavy atom. The third kappa shape index (κ3) is 2.21. The van der Waals surface area contributed by atoms with Crippen molar-refractivity contribution in [3.05, 3.63) is 0 Å². The molecule has 0 spiro atoms. The van der Waals surface area contributed by atoms with Crippen LogP contribution in [0.2, 0.25) is 0 Å². The van der Waals surface area contributed by atoms with Crippen LogP contribution in [0.15, 0.2) is 0 Å². The van der Waals surface area contributed by atoms with Crippen LogP contribution in [0, 0.1) is 0 Å². The van der Waals surface area contributed by atoms with Gasteiger partial charge in [0.05, 0.1) is 0 Å². The average Bonchev–Trinajstić information content (AvgIpc) is 1.86. The van der Waals surface area contributed by atoms with Crippen molar-refractivity contribution < 1.29 is 17.2 Å². The molecule has 0 aliphatic rings. The maximum Gasteiger partial charge on any atom is 0.254 e. The highest BCUT2D eigenvalue weighted by Crippen LogP contribution is 2.10. The zero-order valence-electron chi connectivity index (χ0n) is 5.84. The van der Waals surface area contributed by atoms with E-state index in [0.29, 0.717) is 0 Å². The third-order valence-corrected chi connectivity index (χ3v) is 3.47. The minimum atomic E-state index is -3.55. The molecule has 0 aliphatic carbocycles. The topological polar surface area (TPSA) is 34.1 Å². The molecule has 0 aromatic rings. The maximum absolute atomic E-state index is 11.7. The van der Waals surface area contributed by atoms with Gasteiger partial charge in [0, 0.05) is 5.75 Å². The first kappa shape index (κ1) is 9.81. The fourth-order valence-electron chi connectivity index (χ4n) is 0.420. The minimum Gasteiger partial charge on any atom is -0.228 e. The van der Waals surface area contributed by atoms with E-state index in [9.17, 15) is 17.2 Å². The van der Waals surface area contributed by atoms with Crippen LogP contribution in [-0.2, 0) is 9.84 Å². The lowest BCUT2D eigenvalue weighted by Gasteiger charge is -2.08. The predicted octanol–water partition coefficient (Wildman–Crippen LogP) is 1.07. The molecule has 0 rings (SSSR count). The molecule has 0 heterocycles. The molecule has 0 aromatic heterocycles. The Kier molecular flexibility index (Phi) is 3.21. The second-order valence-corrected chi connectivity index (χ2v) is 4.64. The molecule has 0 aliphatic heterocycles. The molecule has 5 heteroatoms. The van der Waals surface area contributed by atoms with E-state index in [0.717, 1.165) is 6.92 Å². The van der Waals surface area contributed by atoms with E-state index in [4.69, 9.17) is 0 Å². The Morgan fingerprint density at radius 2 is 1.80 bits per heavy atom. The van der Waals surface area contributed by atoms with Crippen molar-refractivity contribution in [2.24, 2.45) is 0 Å². The first-order chi connectivity index (χ1) is 4.41. The van der Waals surface area contributed by atoms with Gasteiger partial charge in [0.15, 0.2) is 9.84 Å². The van der Waals surface area contributed by atoms with Crippen molar-refractivity contribution in [3.63, 3.8) is 0 Å². The van der Waals surface area contributed by atoms with Gasteiger partial charge in [-0.25, -0.2) is 17.2 Å². The van der Waals surface area contributed by atoms with Gasteiger partial charge in [0.2, 0.25) is 0 Å². The normalized spacial score (nSPS) is 15.7. The summed E-state index contributed by atoms with van der Waals surface area (Å²) in [5.41, 5.74) is 0. The van der Waals surface area contributed by atoms with Crippen molar-refractivity contribution >= 4 is 9.84 Å². The van der Waals surface area contributed by atoms with Gasteiger partial charge in [-0.3, -0.25) is 0 Å². The average molecular weight is 172 g/mol. The molecule has 0 N–H and O–H groups in total. The Bertz CT molecular complexity index is 186. The van der Waals surface area contributed by atoms with Crippen LogP contribution >= 0.6 is 0 Å². The summed E-state index contributed by atoms with van der Waals surface area (Å²) in [6.45, 7) is 2.37. The Balaban J connectivity index is 4.35. The van der Waals surface area contributed by atoms with Crippen LogP contribution in [0.1, 0.15) is 13.8 Å². The summed E-state index contributed by atoms with van der Waals surface area (Å²) in [5.74, 6) is -0.224. The van der Waals surface area contributed by atoms with Gasteiger partial charge in [-0.15, -0.1) is 0 Å². The molecule has 0 aromatic carbocycles. The number of hydrogen-bond donors (Lipinski definition) is 0. The van der Waals surface area contributed by atoms with Crippen molar-refractivity contribution in [2.45, 2.75) is 25.5 Å². The van der Waals surface area contributed by atoms with Crippen LogP contribution < -0.4 is 0 Å². The van der Waals surface area contributed by atoms with Gasteiger partial charge in [0.25, 0.3) is 6.43 Å². The molecule has 0 bridgehead atoms. The molecule has 0 amide bonds. The first-order valence-electron chi connectivity index (χ1n) is 2.91. The van der Waals surface area contributed by atoms with Crippen molar-refractivity contribution in [1.82, 2.24) is 0 Å². The SMILES string of the molecule is CCS(=O)(=O)C(C)C(F)F. The van der Waals surface area contributed by atoms with E-state index in [-0.39, 0.29) is 5.75 Å². The first-order valence-corrected chi connectivity index (χ1v) is 4.63. The van der Waals surface area contributed by atoms with Gasteiger partial charge < -0.3 is 0 Å². The summed E-state index contributed by atoms with van der Waals surface area (Å²) in [6.07, 6.45) is -2.77. The molecule has 2 nitrogen and oxygen atoms in total. The van der Waals surface area contributed by atoms with Gasteiger partial charge in [-0.2, -0.15) is 0 Å². The lowest BCUT2D eigenvalue weighted by atomic mass is 10.5. The standard InChI is InChI=1S/C5H10F2O2S/c1-3-10(8,9)4(2)5(6)7/h4-5H,3H2,1-2H3. The zero-order chi connectivity index (χ0) is 8.36. The highest BCUT2D eigenvalue weighted by atomic mass is 32.2. The lowest BCUT2D eigenvalue weighted by Crippen LogP contribution is -2.26. The third-order valence-electron chi connectivity index (χ3n) is 1.32. The highest BCUT2D eigenvalue weighted by molar-refractivity contribution is 7.92. The van der Waals surface area contributed by atoms with E-state index in [2.05, 4.69) is 0 Å². The smallest absolute Gasteiger partial charge is 0.228 e. The summed E-state index contributed by atoms with van der Waals surface area (Å²) >= 11 is 0. The van der Waals surface area contributed by atoms with Crippen LogP contribution in [0.25, 0.3) is 0 Å². The Hall–Kier alpha value is -0.190. The molecular weight excluding hydrogens is 162 g/mol. The molecule has 10 heavy (non-hydrogen) atoms. The molecule has 1 unspecified atom stereocenters. The van der Waals surface area contributed by atoms with Gasteiger partial charge >= 0.3 is 0 Å². The Morgan fingerprint density at radius 1 is 1.40 bits per heavy atom. The lowest BCUT2D eigenvalue weighted by molar-refractivity contribution is 0.147. The molecule has 62 valence electrons. The molecule has 0 radical (unpaired) electrons. The van der Waals surface area contributed by atoms with Crippen LogP contribution in [-0.4, -0.2) is 25.8 Å². The van der Waals surface area contributed by atoms with Gasteiger partial charge in [-0.1, -0.05) is 6.92 Å². The minimum absolute atomic E-state index is 0.224. The van der Waals surface area contributed by atoms with E-state index >= 15 is 0 Å². The predicted molar refractivity (Wildman–Crippen MR) is 34.9 cm³/mol. The number of halogens is 2. The zero-order valence-corrected chi connectivity index (χ0v) is 6.66. The van der Waals surface area contributed by atoms with Crippen molar-refractivity contribution in [1.29, 1.82) is 0 Å². The van der Waals surface area contributed by atoms with Crippen molar-refractivity contribution in [3.8, 4) is 0 Å². The summed E-state index contributed by atoms with van der Waals surface area (Å²) in [6, 6.07) is 0. The van der Waals surface area contributed by atoms with Crippen LogP contribution in [0.3, 0.4) is 0 Å². The van der Waals surface area contributed by atoms with E-state index in [1.54, 1.807) is 0 Å². The van der Waals surface area contributed by atoms with Crippen LogP contribution in [0.5, 0.6) is 0 Å². The van der Waals surface area contributed by atoms with E-state index in [1.165, 1.54) is 6.92 Å². The molecule has 0 saturated carbocycles. The van der Waals surface area contributed by atoms with Crippen LogP contribution in [0.4, 0.5) is 8.78 Å². The number of sulfone groups is 1. The molecule has 1 atom stereocenters. The largest absolute Gasteiger partial charge is 0.254 e. The second kappa shape index (κ2) is 3.27. The Labute approximate surface area is 59.2 Å². The summed E-state index contributed by atoms with van der Waals surface area (Å²) < 4.78 is 44.8. The fourth-order valence-corrected chi connectivity index (χ4v) is 1.26. The number of rotatable bonds is 3. The summed E-state index contributed by atoms with van der Waals surface area (Å²) in [4.78, 5) is 0. The van der Waals surface area contributed by atoms with Crippen molar-refractivity contribution in [2.75, 3.05) is 5.75 Å². The van der Waals surface area contributed by atoms with E-state index in [1.807, 2.05) is 0 Å². The number of hydrogen-bond acceptors (Lipinski definition) is 2. The second-order valence-electron chi connectivity index (χ2n) is 1.99. The van der Waals surface area contributed by atoms with E-state index < -0.39 is 21.5 Å². The molecular formula is C5H10F2O2S. The monoisotopic (exact) mass is 172 g/mol. The quantitative estimate of drug-likeness (QED) is 0.638. The number of alkyl halides is 2.